The van der Waals surface area contributed by atoms with Gasteiger partial charge in [-0.3, -0.25) is 4.68 Å². The molecule has 0 aromatic carbocycles. The molecule has 0 aliphatic heterocycles. The second-order valence-corrected chi connectivity index (χ2v) is 4.98. The molecule has 0 amide bonds. The molecule has 0 atom stereocenters. The fourth-order valence-electron chi connectivity index (χ4n) is 1.12. The lowest BCUT2D eigenvalue weighted by molar-refractivity contribution is 0.0233. The summed E-state index contributed by atoms with van der Waals surface area (Å²) in [5.74, 6) is 0. The van der Waals surface area contributed by atoms with Crippen molar-refractivity contribution in [2.75, 3.05) is 20.2 Å². The largest absolute Gasteiger partial charge is 0.377 e. The maximum atomic E-state index is 5.30. The molecule has 1 aromatic rings. The molecular formula is C10H18BrN3O. The van der Waals surface area contributed by atoms with Gasteiger partial charge in [0.05, 0.1) is 22.8 Å². The van der Waals surface area contributed by atoms with E-state index >= 15 is 0 Å². The van der Waals surface area contributed by atoms with E-state index in [1.165, 1.54) is 0 Å². The summed E-state index contributed by atoms with van der Waals surface area (Å²) in [7, 11) is 1.73. The Morgan fingerprint density at radius 1 is 1.60 bits per heavy atom. The molecule has 1 rings (SSSR count). The number of hydrogen-bond acceptors (Lipinski definition) is 3. The van der Waals surface area contributed by atoms with Gasteiger partial charge in [-0.25, -0.2) is 0 Å². The van der Waals surface area contributed by atoms with Crippen LogP contribution in [0.5, 0.6) is 0 Å². The summed E-state index contributed by atoms with van der Waals surface area (Å²) in [6.45, 7) is 6.72. The fraction of sp³-hybridized carbons (Fsp3) is 0.700. The van der Waals surface area contributed by atoms with Crippen LogP contribution in [0.4, 0.5) is 0 Å². The summed E-state index contributed by atoms with van der Waals surface area (Å²) < 4.78 is 8.21. The third-order valence-corrected chi connectivity index (χ3v) is 2.63. The van der Waals surface area contributed by atoms with Crippen LogP contribution in [-0.2, 0) is 11.3 Å². The van der Waals surface area contributed by atoms with Gasteiger partial charge in [0.2, 0.25) is 0 Å². The molecule has 5 heteroatoms. The fourth-order valence-corrected chi connectivity index (χ4v) is 1.44. The zero-order chi connectivity index (χ0) is 11.3. The van der Waals surface area contributed by atoms with Gasteiger partial charge in [0.25, 0.3) is 0 Å². The van der Waals surface area contributed by atoms with Crippen molar-refractivity contribution in [2.45, 2.75) is 26.0 Å². The summed E-state index contributed by atoms with van der Waals surface area (Å²) in [6, 6.07) is 0. The van der Waals surface area contributed by atoms with Crippen molar-refractivity contribution in [1.29, 1.82) is 0 Å². The number of methoxy groups -OCH3 is 1. The van der Waals surface area contributed by atoms with Crippen LogP contribution in [0.2, 0.25) is 0 Å². The third-order valence-electron chi connectivity index (χ3n) is 2.22. The Kier molecular flexibility index (Phi) is 4.76. The lowest BCUT2D eigenvalue weighted by Gasteiger charge is -2.23. The van der Waals surface area contributed by atoms with Crippen LogP contribution in [0.3, 0.4) is 0 Å². The van der Waals surface area contributed by atoms with Gasteiger partial charge in [-0.2, -0.15) is 5.10 Å². The first-order valence-corrected chi connectivity index (χ1v) is 5.76. The van der Waals surface area contributed by atoms with Crippen molar-refractivity contribution in [2.24, 2.45) is 0 Å². The average molecular weight is 276 g/mol. The standard InChI is InChI=1S/C10H18BrN3O/c1-10(2,15-3)8-12-4-5-14-7-9(11)6-13-14/h6-7,12H,4-5,8H2,1-3H3. The van der Waals surface area contributed by atoms with Crippen molar-refractivity contribution < 1.29 is 4.74 Å². The van der Waals surface area contributed by atoms with Gasteiger partial charge >= 0.3 is 0 Å². The minimum absolute atomic E-state index is 0.106. The van der Waals surface area contributed by atoms with E-state index in [2.05, 4.69) is 40.2 Å². The maximum absolute atomic E-state index is 5.30. The van der Waals surface area contributed by atoms with Crippen LogP contribution in [-0.4, -0.2) is 35.6 Å². The first kappa shape index (κ1) is 12.7. The van der Waals surface area contributed by atoms with E-state index in [9.17, 15) is 0 Å². The normalized spacial score (nSPS) is 12.0. The molecule has 4 nitrogen and oxygen atoms in total. The molecule has 15 heavy (non-hydrogen) atoms. The highest BCUT2D eigenvalue weighted by Crippen LogP contribution is 2.06. The number of halogens is 1. The van der Waals surface area contributed by atoms with Gasteiger partial charge in [-0.15, -0.1) is 0 Å². The van der Waals surface area contributed by atoms with Crippen LogP contribution in [0, 0.1) is 0 Å². The Morgan fingerprint density at radius 3 is 2.87 bits per heavy atom. The summed E-state index contributed by atoms with van der Waals surface area (Å²) in [5.41, 5.74) is -0.106. The van der Waals surface area contributed by atoms with E-state index in [0.29, 0.717) is 0 Å². The summed E-state index contributed by atoms with van der Waals surface area (Å²) in [4.78, 5) is 0. The highest BCUT2D eigenvalue weighted by atomic mass is 79.9. The maximum Gasteiger partial charge on any atom is 0.0746 e. The van der Waals surface area contributed by atoms with Gasteiger partial charge in [-0.05, 0) is 29.8 Å². The van der Waals surface area contributed by atoms with E-state index in [1.807, 2.05) is 10.9 Å². The quantitative estimate of drug-likeness (QED) is 0.803. The minimum Gasteiger partial charge on any atom is -0.377 e. The number of nitrogens with zero attached hydrogens (tertiary/aromatic N) is 2. The minimum atomic E-state index is -0.106. The van der Waals surface area contributed by atoms with Gasteiger partial charge in [-0.1, -0.05) is 0 Å². The Bertz CT molecular complexity index is 299. The Balaban J connectivity index is 2.17. The lowest BCUT2D eigenvalue weighted by atomic mass is 10.1. The molecule has 1 N–H and O–H groups in total. The predicted octanol–water partition coefficient (Wildman–Crippen LogP) is 1.66. The Labute approximate surface area is 99.1 Å². The monoisotopic (exact) mass is 275 g/mol. The van der Waals surface area contributed by atoms with Gasteiger partial charge in [0, 0.05) is 26.4 Å². The van der Waals surface area contributed by atoms with Crippen LogP contribution < -0.4 is 5.32 Å². The molecule has 86 valence electrons. The first-order valence-electron chi connectivity index (χ1n) is 4.97. The third kappa shape index (κ3) is 4.77. The zero-order valence-corrected chi connectivity index (χ0v) is 11.0. The van der Waals surface area contributed by atoms with Crippen LogP contribution >= 0.6 is 15.9 Å². The van der Waals surface area contributed by atoms with Crippen molar-refractivity contribution in [3.63, 3.8) is 0 Å². The molecule has 0 saturated heterocycles. The summed E-state index contributed by atoms with van der Waals surface area (Å²) in [6.07, 6.45) is 3.75. The van der Waals surface area contributed by atoms with Crippen molar-refractivity contribution >= 4 is 15.9 Å². The van der Waals surface area contributed by atoms with E-state index in [0.717, 1.165) is 24.1 Å². The molecule has 1 aromatic heterocycles. The van der Waals surface area contributed by atoms with E-state index in [-0.39, 0.29) is 5.60 Å². The van der Waals surface area contributed by atoms with Crippen LogP contribution in [0.1, 0.15) is 13.8 Å². The number of hydrogen-bond donors (Lipinski definition) is 1. The molecule has 1 heterocycles. The number of nitrogens with one attached hydrogen (secondary N) is 1. The first-order chi connectivity index (χ1) is 7.03. The molecule has 0 aliphatic carbocycles. The molecule has 0 fully saturated rings. The molecular weight excluding hydrogens is 258 g/mol. The summed E-state index contributed by atoms with van der Waals surface area (Å²) >= 11 is 3.36. The van der Waals surface area contributed by atoms with E-state index in [4.69, 9.17) is 4.74 Å². The Hall–Kier alpha value is -0.390. The topological polar surface area (TPSA) is 39.1 Å². The summed E-state index contributed by atoms with van der Waals surface area (Å²) in [5, 5.41) is 7.50. The van der Waals surface area contributed by atoms with E-state index in [1.54, 1.807) is 13.3 Å². The second-order valence-electron chi connectivity index (χ2n) is 4.06. The zero-order valence-electron chi connectivity index (χ0n) is 9.46. The molecule has 0 radical (unpaired) electrons. The molecule has 0 unspecified atom stereocenters. The van der Waals surface area contributed by atoms with E-state index < -0.39 is 0 Å². The van der Waals surface area contributed by atoms with Crippen molar-refractivity contribution in [3.8, 4) is 0 Å². The molecule has 0 spiro atoms. The smallest absolute Gasteiger partial charge is 0.0746 e. The molecule has 0 aliphatic rings. The van der Waals surface area contributed by atoms with Gasteiger partial charge < -0.3 is 10.1 Å². The van der Waals surface area contributed by atoms with Crippen molar-refractivity contribution in [1.82, 2.24) is 15.1 Å². The average Bonchev–Trinajstić information content (AvgIpc) is 2.59. The van der Waals surface area contributed by atoms with Crippen LogP contribution in [0.15, 0.2) is 16.9 Å². The highest BCUT2D eigenvalue weighted by Gasteiger charge is 2.14. The van der Waals surface area contributed by atoms with Gasteiger partial charge in [0.1, 0.15) is 0 Å². The molecule has 0 bridgehead atoms. The predicted molar refractivity (Wildman–Crippen MR) is 63.9 cm³/mol. The second kappa shape index (κ2) is 5.63. The lowest BCUT2D eigenvalue weighted by Crippen LogP contribution is -2.38. The molecule has 0 saturated carbocycles. The Morgan fingerprint density at radius 2 is 2.33 bits per heavy atom. The number of rotatable bonds is 6. The number of aromatic nitrogens is 2. The van der Waals surface area contributed by atoms with Crippen molar-refractivity contribution in [3.05, 3.63) is 16.9 Å². The number of ether oxygens (including phenoxy) is 1. The SMILES string of the molecule is COC(C)(C)CNCCn1cc(Br)cn1. The van der Waals surface area contributed by atoms with Gasteiger partial charge in [0.15, 0.2) is 0 Å². The van der Waals surface area contributed by atoms with Crippen LogP contribution in [0.25, 0.3) is 0 Å². The highest BCUT2D eigenvalue weighted by molar-refractivity contribution is 9.10.